The van der Waals surface area contributed by atoms with E-state index < -0.39 is 23.2 Å². The highest BCUT2D eigenvalue weighted by Crippen LogP contribution is 2.33. The number of morpholine rings is 1. The number of nitrogens with two attached hydrogens (primary N) is 1. The van der Waals surface area contributed by atoms with Crippen LogP contribution in [0.5, 0.6) is 0 Å². The first kappa shape index (κ1) is 24.3. The second-order valence-electron chi connectivity index (χ2n) is 8.38. The van der Waals surface area contributed by atoms with E-state index in [9.17, 15) is 9.70 Å². The molecule has 0 spiro atoms. The van der Waals surface area contributed by atoms with E-state index in [1.807, 2.05) is 36.7 Å². The number of aryl methyl sites for hydroxylation is 1. The van der Waals surface area contributed by atoms with E-state index in [2.05, 4.69) is 20.1 Å². The number of benzene rings is 1. The number of hydrogen-bond donors (Lipinski definition) is 1. The number of amides is 1. The van der Waals surface area contributed by atoms with Gasteiger partial charge < -0.3 is 19.8 Å². The number of carbonyl (C=O) groups is 1. The van der Waals surface area contributed by atoms with Gasteiger partial charge in [-0.05, 0) is 37.7 Å². The molecule has 35 heavy (non-hydrogen) atoms. The van der Waals surface area contributed by atoms with Gasteiger partial charge >= 0.3 is 5.91 Å². The van der Waals surface area contributed by atoms with Gasteiger partial charge in [-0.1, -0.05) is 0 Å². The molecule has 3 aromatic rings. The second kappa shape index (κ2) is 10.2. The van der Waals surface area contributed by atoms with Crippen LogP contribution in [0.1, 0.15) is 11.3 Å². The van der Waals surface area contributed by atoms with E-state index in [1.54, 1.807) is 0 Å². The van der Waals surface area contributed by atoms with Gasteiger partial charge in [0.25, 0.3) is 0 Å². The average molecular weight is 482 g/mol. The summed E-state index contributed by atoms with van der Waals surface area (Å²) in [6.07, 6.45) is 4.19. The summed E-state index contributed by atoms with van der Waals surface area (Å²) < 4.78 is 38.2. The lowest BCUT2D eigenvalue weighted by molar-refractivity contribution is -0.114. The Morgan fingerprint density at radius 3 is 2.74 bits per heavy atom. The van der Waals surface area contributed by atoms with Crippen molar-refractivity contribution < 1.29 is 18.3 Å². The summed E-state index contributed by atoms with van der Waals surface area (Å²) in [5, 5.41) is 2.18. The molecule has 1 aromatic carbocycles. The molecule has 1 fully saturated rings. The largest absolute Gasteiger partial charge is 0.394 e. The van der Waals surface area contributed by atoms with Gasteiger partial charge in [-0.3, -0.25) is 9.79 Å². The number of fused-ring (bicyclic) bond motifs is 1. The predicted octanol–water partition coefficient (Wildman–Crippen LogP) is 3.30. The molecular weight excluding hydrogens is 458 g/mol. The number of nitroso groups, excluding NO2 is 1. The third-order valence-corrected chi connectivity index (χ3v) is 5.71. The molecule has 1 aliphatic heterocycles. The van der Waals surface area contributed by atoms with Crippen LogP contribution >= 0.6 is 0 Å². The van der Waals surface area contributed by atoms with Crippen LogP contribution in [0.25, 0.3) is 16.9 Å². The summed E-state index contributed by atoms with van der Waals surface area (Å²) in [6, 6.07) is 5.87. The lowest BCUT2D eigenvalue weighted by atomic mass is 10.0. The molecule has 9 nitrogen and oxygen atoms in total. The average Bonchev–Trinajstić information content (AvgIpc) is 3.14. The molecule has 1 unspecified atom stereocenters. The van der Waals surface area contributed by atoms with E-state index in [-0.39, 0.29) is 23.0 Å². The normalized spacial score (nSPS) is 17.4. The minimum absolute atomic E-state index is 0.0438. The number of pyridine rings is 1. The van der Waals surface area contributed by atoms with Crippen LogP contribution in [0, 0.1) is 23.5 Å². The molecule has 182 valence electrons. The zero-order valence-corrected chi connectivity index (χ0v) is 19.2. The lowest BCUT2D eigenvalue weighted by Gasteiger charge is -2.30. The van der Waals surface area contributed by atoms with E-state index in [4.69, 9.17) is 10.5 Å². The molecule has 1 atom stereocenters. The van der Waals surface area contributed by atoms with Gasteiger partial charge in [-0.15, -0.1) is 4.91 Å². The fourth-order valence-corrected chi connectivity index (χ4v) is 3.99. The van der Waals surface area contributed by atoms with Crippen LogP contribution in [0.2, 0.25) is 0 Å². The maximum Gasteiger partial charge on any atom is 0.332 e. The molecule has 0 bridgehead atoms. The molecule has 1 saturated heterocycles. The summed E-state index contributed by atoms with van der Waals surface area (Å²) in [4.78, 5) is 31.9. The monoisotopic (exact) mass is 482 g/mol. The van der Waals surface area contributed by atoms with Crippen molar-refractivity contribution in [1.82, 2.24) is 14.3 Å². The summed E-state index contributed by atoms with van der Waals surface area (Å²) in [5.41, 5.74) is 6.99. The Hall–Kier alpha value is -3.83. The number of hydrogen-bond acceptors (Lipinski definition) is 7. The summed E-state index contributed by atoms with van der Waals surface area (Å²) in [7, 11) is 2.00. The van der Waals surface area contributed by atoms with Crippen molar-refractivity contribution in [2.45, 2.75) is 19.4 Å². The highest BCUT2D eigenvalue weighted by Gasteiger charge is 2.26. The Morgan fingerprint density at radius 1 is 1.31 bits per heavy atom. The van der Waals surface area contributed by atoms with Crippen LogP contribution in [0.3, 0.4) is 0 Å². The lowest BCUT2D eigenvalue weighted by Crippen LogP contribution is -2.41. The van der Waals surface area contributed by atoms with Gasteiger partial charge in [0.1, 0.15) is 23.0 Å². The topological polar surface area (TPSA) is 115 Å². The zero-order valence-electron chi connectivity index (χ0n) is 19.2. The van der Waals surface area contributed by atoms with Crippen LogP contribution in [0.15, 0.2) is 52.4 Å². The van der Waals surface area contributed by atoms with Crippen molar-refractivity contribution in [3.05, 3.63) is 70.0 Å². The summed E-state index contributed by atoms with van der Waals surface area (Å²) in [6.45, 7) is 4.01. The first-order valence-corrected chi connectivity index (χ1v) is 10.9. The van der Waals surface area contributed by atoms with Gasteiger partial charge in [0.05, 0.1) is 35.3 Å². The highest BCUT2D eigenvalue weighted by molar-refractivity contribution is 5.97. The van der Waals surface area contributed by atoms with E-state index in [1.165, 1.54) is 0 Å². The number of allylic oxidation sites excluding steroid dienone is 1. The number of nitrogens with zero attached hydrogens (tertiary/aromatic N) is 5. The zero-order chi connectivity index (χ0) is 25.1. The summed E-state index contributed by atoms with van der Waals surface area (Å²) in [5.74, 6) is -2.85. The Balaban J connectivity index is 1.74. The first-order chi connectivity index (χ1) is 16.8. The number of carbonyl (C=O) groups excluding carboxylic acids is 1. The molecule has 1 amide bonds. The molecule has 11 heteroatoms. The second-order valence-corrected chi connectivity index (χ2v) is 8.38. The Bertz CT molecular complexity index is 1330. The minimum Gasteiger partial charge on any atom is -0.394 e. The van der Waals surface area contributed by atoms with E-state index >= 15 is 8.78 Å². The van der Waals surface area contributed by atoms with Crippen LogP contribution in [0.4, 0.5) is 14.5 Å². The molecule has 4 rings (SSSR count). The highest BCUT2D eigenvalue weighted by atomic mass is 19.1. The van der Waals surface area contributed by atoms with Gasteiger partial charge in [-0.2, -0.15) is 0 Å². The van der Waals surface area contributed by atoms with E-state index in [0.29, 0.717) is 30.9 Å². The molecule has 0 radical (unpaired) electrons. The number of likely N-dealkylation sites (N-methyl/N-ethyl adjacent to an activating group) is 1. The van der Waals surface area contributed by atoms with Crippen molar-refractivity contribution >= 4 is 23.5 Å². The molecule has 3 heterocycles. The van der Waals surface area contributed by atoms with E-state index in [0.717, 1.165) is 36.5 Å². The molecule has 0 aliphatic carbocycles. The van der Waals surface area contributed by atoms with Gasteiger partial charge in [0, 0.05) is 49.2 Å². The molecule has 0 saturated carbocycles. The molecule has 2 N–H and O–H groups in total. The maximum absolute atomic E-state index is 15.2. The van der Waals surface area contributed by atoms with Gasteiger partial charge in [0.2, 0.25) is 0 Å². The predicted molar refractivity (Wildman–Crippen MR) is 127 cm³/mol. The standard InChI is InChI=1S/C24H24F2N6O3/c1-14-4-6-32-20(12-16-13-31(2)7-8-35-16)23(29-21(32)9-14)22-17(25)10-15(11-18(22)26)28-5-3-19(27)24(33)30-34/h3-6,9-11,16H,7-8,12-13,27H2,1-2H3. The number of ether oxygens (including phenoxy) is 1. The Labute approximate surface area is 199 Å². The molecular formula is C24H24F2N6O3. The van der Waals surface area contributed by atoms with Crippen molar-refractivity contribution in [2.75, 3.05) is 26.7 Å². The maximum atomic E-state index is 15.2. The molecule has 2 aromatic heterocycles. The van der Waals surface area contributed by atoms with Crippen molar-refractivity contribution in [3.63, 3.8) is 0 Å². The fraction of sp³-hybridized carbons (Fsp3) is 0.292. The van der Waals surface area contributed by atoms with Crippen LogP contribution in [-0.4, -0.2) is 59.3 Å². The van der Waals surface area contributed by atoms with Gasteiger partial charge in [-0.25, -0.2) is 13.8 Å². The number of rotatable bonds is 6. The van der Waals surface area contributed by atoms with Crippen molar-refractivity contribution in [3.8, 4) is 11.3 Å². The van der Waals surface area contributed by atoms with Crippen LogP contribution in [-0.2, 0) is 16.0 Å². The summed E-state index contributed by atoms with van der Waals surface area (Å²) >= 11 is 0. The number of imidazole rings is 1. The minimum atomic E-state index is -1.16. The number of aromatic nitrogens is 2. The SMILES string of the molecule is Cc1ccn2c(CC3CN(C)CCO3)c(-c3c(F)cc(N=CC=C(N)C(=O)N=O)cc3F)nc2c1. The van der Waals surface area contributed by atoms with Crippen molar-refractivity contribution in [2.24, 2.45) is 15.9 Å². The fourth-order valence-electron chi connectivity index (χ4n) is 3.99. The van der Waals surface area contributed by atoms with Gasteiger partial charge in [0.15, 0.2) is 0 Å². The smallest absolute Gasteiger partial charge is 0.332 e. The van der Waals surface area contributed by atoms with Crippen LogP contribution < -0.4 is 5.73 Å². The Kier molecular flexibility index (Phi) is 7.08. The Morgan fingerprint density at radius 2 is 2.06 bits per heavy atom. The third-order valence-electron chi connectivity index (χ3n) is 5.71. The molecule has 1 aliphatic rings. The number of halogens is 2. The quantitative estimate of drug-likeness (QED) is 0.328. The van der Waals surface area contributed by atoms with Crippen molar-refractivity contribution in [1.29, 1.82) is 0 Å². The first-order valence-electron chi connectivity index (χ1n) is 10.9. The third kappa shape index (κ3) is 5.31. The number of aliphatic imine (C=N–C) groups is 1.